The Labute approximate surface area is 370 Å². The Morgan fingerprint density at radius 3 is 1.81 bits per heavy atom. The molecular weight excluding hydrogens is 811 g/mol. The van der Waals surface area contributed by atoms with Crippen molar-refractivity contribution in [2.24, 2.45) is 23.7 Å². The molecule has 63 heavy (non-hydrogen) atoms. The number of ether oxygens (including phenoxy) is 1. The number of hydrogen-bond donors (Lipinski definition) is 9. The topological polar surface area (TPSA) is 270 Å². The lowest BCUT2D eigenvalue weighted by molar-refractivity contribution is -0.142. The fraction of sp³-hybridized carbons (Fsp3) is 0.600. The van der Waals surface area contributed by atoms with Gasteiger partial charge in [0.15, 0.2) is 0 Å². The molecule has 0 aliphatic heterocycles. The number of carboxylic acids is 1. The molecule has 0 saturated heterocycles. The number of aliphatic hydroxyl groups excluding tert-OH is 1. The third kappa shape index (κ3) is 17.9. The Bertz CT molecular complexity index is 1880. The predicted octanol–water partition coefficient (Wildman–Crippen LogP) is 3.58. The summed E-state index contributed by atoms with van der Waals surface area (Å²) in [4.78, 5) is 94.8. The molecule has 0 aliphatic carbocycles. The Morgan fingerprint density at radius 2 is 1.30 bits per heavy atom. The van der Waals surface area contributed by atoms with Gasteiger partial charge in [0, 0.05) is 42.5 Å². The summed E-state index contributed by atoms with van der Waals surface area (Å²) in [5.41, 5.74) is 1.17. The number of nitrogens with zero attached hydrogens (tertiary/aromatic N) is 2. The lowest BCUT2D eigenvalue weighted by Crippen LogP contribution is -2.58. The van der Waals surface area contributed by atoms with Crippen LogP contribution in [0.5, 0.6) is 0 Å². The van der Waals surface area contributed by atoms with E-state index in [9.17, 15) is 39.0 Å². The zero-order valence-corrected chi connectivity index (χ0v) is 38.1. The first-order valence-electron chi connectivity index (χ1n) is 21.8. The maximum absolute atomic E-state index is 14.3. The molecule has 3 rings (SSSR count). The van der Waals surface area contributed by atoms with Crippen molar-refractivity contribution in [2.45, 2.75) is 149 Å². The van der Waals surface area contributed by atoms with Gasteiger partial charge in [0.05, 0.1) is 24.8 Å². The van der Waals surface area contributed by atoms with Crippen LogP contribution < -0.4 is 26.6 Å². The number of hydrogen-bond acceptors (Lipinski definition) is 10. The number of nitrogens with one attached hydrogen (secondary N) is 7. The van der Waals surface area contributed by atoms with Crippen LogP contribution in [0.25, 0.3) is 0 Å². The van der Waals surface area contributed by atoms with E-state index in [2.05, 4.69) is 46.5 Å². The molecule has 9 N–H and O–H groups in total. The van der Waals surface area contributed by atoms with E-state index in [4.69, 9.17) is 4.74 Å². The quantitative estimate of drug-likeness (QED) is 0.0594. The van der Waals surface area contributed by atoms with E-state index in [1.807, 2.05) is 65.0 Å². The zero-order chi connectivity index (χ0) is 46.9. The number of aromatic amines is 2. The number of H-pyrrole nitrogens is 2. The van der Waals surface area contributed by atoms with Crippen LogP contribution in [0.4, 0.5) is 4.79 Å². The number of aliphatic carboxylic acids is 1. The number of carboxylic acid groups (broad SMARTS) is 1. The van der Waals surface area contributed by atoms with Crippen LogP contribution in [0, 0.1) is 23.7 Å². The van der Waals surface area contributed by atoms with Gasteiger partial charge in [0.2, 0.25) is 23.6 Å². The number of benzene rings is 1. The molecule has 0 spiro atoms. The smallest absolute Gasteiger partial charge is 0.408 e. The SMILES string of the molecule is CC[C@H](C)[C@H](NC(=O)[C@@H](C[C@H](O)[C@H](CC(C)C)NC(=O)[C@H](Cc1cnc[nH]1)NC(=O)[C@H](CCc1ccccc1)NC(=O)OC(C)(C)C)C(C)C)C(=O)N[C@@H](Cc1cnc[nH]1)C(=O)O. The fourth-order valence-corrected chi connectivity index (χ4v) is 7.02. The van der Waals surface area contributed by atoms with Gasteiger partial charge in [-0.2, -0.15) is 0 Å². The van der Waals surface area contributed by atoms with E-state index in [1.54, 1.807) is 27.7 Å². The summed E-state index contributed by atoms with van der Waals surface area (Å²) in [6.07, 6.45) is 5.13. The minimum atomic E-state index is -1.28. The predicted molar refractivity (Wildman–Crippen MR) is 236 cm³/mol. The van der Waals surface area contributed by atoms with Crippen molar-refractivity contribution < 1.29 is 43.7 Å². The number of alkyl carbamates (subject to hydrolysis) is 1. The first-order valence-corrected chi connectivity index (χ1v) is 21.8. The molecule has 18 heteroatoms. The molecule has 18 nitrogen and oxygen atoms in total. The Kier molecular flexibility index (Phi) is 20.3. The molecule has 0 saturated carbocycles. The van der Waals surface area contributed by atoms with Crippen LogP contribution in [0.15, 0.2) is 55.4 Å². The zero-order valence-electron chi connectivity index (χ0n) is 38.1. The maximum Gasteiger partial charge on any atom is 0.408 e. The maximum atomic E-state index is 14.3. The largest absolute Gasteiger partial charge is 0.480 e. The van der Waals surface area contributed by atoms with Crippen LogP contribution in [-0.2, 0) is 48.0 Å². The molecule has 348 valence electrons. The van der Waals surface area contributed by atoms with E-state index < -0.39 is 83.5 Å². The van der Waals surface area contributed by atoms with Crippen molar-refractivity contribution in [1.82, 2.24) is 46.5 Å². The molecule has 2 heterocycles. The lowest BCUT2D eigenvalue weighted by Gasteiger charge is -2.32. The fourth-order valence-electron chi connectivity index (χ4n) is 7.02. The van der Waals surface area contributed by atoms with Crippen LogP contribution in [0.3, 0.4) is 0 Å². The van der Waals surface area contributed by atoms with E-state index in [0.717, 1.165) is 5.56 Å². The van der Waals surface area contributed by atoms with Crippen LogP contribution in [0.2, 0.25) is 0 Å². The van der Waals surface area contributed by atoms with Crippen molar-refractivity contribution in [3.05, 3.63) is 72.3 Å². The number of amides is 5. The molecular formula is C45H69N9O9. The molecule has 1 aromatic carbocycles. The van der Waals surface area contributed by atoms with Crippen molar-refractivity contribution in [3.63, 3.8) is 0 Å². The average Bonchev–Trinajstić information content (AvgIpc) is 3.93. The summed E-state index contributed by atoms with van der Waals surface area (Å²) in [5, 5.41) is 35.6. The highest BCUT2D eigenvalue weighted by Gasteiger charge is 2.37. The summed E-state index contributed by atoms with van der Waals surface area (Å²) in [6, 6.07) is 3.96. The number of aliphatic hydroxyl groups is 1. The third-order valence-electron chi connectivity index (χ3n) is 10.7. The summed E-state index contributed by atoms with van der Waals surface area (Å²) >= 11 is 0. The van der Waals surface area contributed by atoms with Gasteiger partial charge in [-0.05, 0) is 69.8 Å². The van der Waals surface area contributed by atoms with Crippen LogP contribution in [0.1, 0.15) is 105 Å². The lowest BCUT2D eigenvalue weighted by atomic mass is 9.85. The monoisotopic (exact) mass is 880 g/mol. The van der Waals surface area contributed by atoms with Gasteiger partial charge in [0.1, 0.15) is 29.8 Å². The molecule has 0 bridgehead atoms. The average molecular weight is 880 g/mol. The Balaban J connectivity index is 1.83. The van der Waals surface area contributed by atoms with Gasteiger partial charge in [-0.25, -0.2) is 19.6 Å². The minimum absolute atomic E-state index is 0.000621. The van der Waals surface area contributed by atoms with Gasteiger partial charge in [-0.15, -0.1) is 0 Å². The van der Waals surface area contributed by atoms with Gasteiger partial charge in [0.25, 0.3) is 0 Å². The highest BCUT2D eigenvalue weighted by molar-refractivity contribution is 5.92. The number of aryl methyl sites for hydroxylation is 1. The summed E-state index contributed by atoms with van der Waals surface area (Å²) in [7, 11) is 0. The van der Waals surface area contributed by atoms with Gasteiger partial charge in [-0.3, -0.25) is 19.2 Å². The number of aromatic nitrogens is 4. The summed E-state index contributed by atoms with van der Waals surface area (Å²) in [6.45, 7) is 16.2. The molecule has 0 unspecified atom stereocenters. The number of carbonyl (C=O) groups is 6. The molecule has 0 aliphatic rings. The van der Waals surface area contributed by atoms with E-state index >= 15 is 0 Å². The highest BCUT2D eigenvalue weighted by atomic mass is 16.6. The van der Waals surface area contributed by atoms with Gasteiger partial charge < -0.3 is 51.5 Å². The second-order valence-corrected chi connectivity index (χ2v) is 18.0. The molecule has 0 radical (unpaired) electrons. The highest BCUT2D eigenvalue weighted by Crippen LogP contribution is 2.23. The Hall–Kier alpha value is -5.78. The van der Waals surface area contributed by atoms with Crippen LogP contribution in [-0.4, -0.2) is 108 Å². The second kappa shape index (κ2) is 24.8. The summed E-state index contributed by atoms with van der Waals surface area (Å²) in [5.74, 6) is -5.18. The molecule has 2 aromatic heterocycles. The third-order valence-corrected chi connectivity index (χ3v) is 10.7. The second-order valence-electron chi connectivity index (χ2n) is 18.0. The molecule has 3 aromatic rings. The van der Waals surface area contributed by atoms with E-state index in [-0.39, 0.29) is 43.4 Å². The minimum Gasteiger partial charge on any atom is -0.480 e. The van der Waals surface area contributed by atoms with Crippen molar-refractivity contribution in [3.8, 4) is 0 Å². The van der Waals surface area contributed by atoms with Crippen LogP contribution >= 0.6 is 0 Å². The number of imidazole rings is 2. The van der Waals surface area contributed by atoms with Gasteiger partial charge in [-0.1, -0.05) is 78.3 Å². The standard InChI is InChI=1S/C45H69N9O9/c1-10-28(6)38(42(59)52-36(43(60)61)20-31-23-47-25-49-31)54-39(56)32(27(4)5)21-37(55)34(18-26(2)3)50-41(58)35(19-30-22-46-24-48-30)51-40(57)33(53-44(62)63-45(7,8)9)17-16-29-14-12-11-13-15-29/h11-15,22-28,32-38,55H,10,16-21H2,1-9H3,(H,46,48)(H,47,49)(H,50,58)(H,51,57)(H,52,59)(H,53,62)(H,54,56)(H,60,61)/t28-,32-,33-,34-,35-,36-,37-,38-/m0/s1. The Morgan fingerprint density at radius 1 is 0.730 bits per heavy atom. The van der Waals surface area contributed by atoms with E-state index in [0.29, 0.717) is 30.7 Å². The van der Waals surface area contributed by atoms with Gasteiger partial charge >= 0.3 is 12.1 Å². The normalized spacial score (nSPS) is 15.5. The summed E-state index contributed by atoms with van der Waals surface area (Å²) < 4.78 is 5.46. The van der Waals surface area contributed by atoms with Crippen molar-refractivity contribution in [2.75, 3.05) is 0 Å². The van der Waals surface area contributed by atoms with E-state index in [1.165, 1.54) is 25.0 Å². The van der Waals surface area contributed by atoms with Crippen molar-refractivity contribution >= 4 is 35.7 Å². The molecule has 0 fully saturated rings. The number of carbonyl (C=O) groups excluding carboxylic acids is 5. The first-order chi connectivity index (χ1) is 29.7. The molecule has 5 amide bonds. The molecule has 8 atom stereocenters. The first kappa shape index (κ1) is 51.6. The number of rotatable bonds is 25. The van der Waals surface area contributed by atoms with Crippen molar-refractivity contribution in [1.29, 1.82) is 0 Å².